The van der Waals surface area contributed by atoms with Crippen LogP contribution in [0, 0.1) is 22.7 Å². The molecule has 0 unspecified atom stereocenters. The summed E-state index contributed by atoms with van der Waals surface area (Å²) >= 11 is 5.74. The number of morpholine rings is 2. The summed E-state index contributed by atoms with van der Waals surface area (Å²) in [5.74, 6) is 0. The topological polar surface area (TPSA) is 191 Å². The fourth-order valence-corrected chi connectivity index (χ4v) is 4.69. The number of ether oxygens (including phenoxy) is 2. The number of nitrogen functional groups attached to an aromatic ring is 2. The second-order valence-electron chi connectivity index (χ2n) is 10.2. The molecule has 2 aromatic carbocycles. The summed E-state index contributed by atoms with van der Waals surface area (Å²) in [5, 5.41) is 34.9. The van der Waals surface area contributed by atoms with Gasteiger partial charge in [-0.15, -0.1) is 0 Å². The van der Waals surface area contributed by atoms with Gasteiger partial charge in [0.25, 0.3) is 0 Å². The fourth-order valence-electron chi connectivity index (χ4n) is 4.59. The highest BCUT2D eigenvalue weighted by molar-refractivity contribution is 6.58. The number of nitrogens with zero attached hydrogens (tertiary/aromatic N) is 6. The molecule has 2 aromatic heterocycles. The Hall–Kier alpha value is -4.89. The molecule has 6 N–H and O–H groups in total. The van der Waals surface area contributed by atoms with Crippen molar-refractivity contribution in [3.63, 3.8) is 0 Å². The van der Waals surface area contributed by atoms with E-state index in [1.54, 1.807) is 18.3 Å². The van der Waals surface area contributed by atoms with Crippen molar-refractivity contribution in [2.24, 2.45) is 0 Å². The second kappa shape index (κ2) is 17.0. The van der Waals surface area contributed by atoms with Crippen LogP contribution < -0.4 is 26.7 Å². The first-order valence-corrected chi connectivity index (χ1v) is 14.9. The lowest BCUT2D eigenvalue weighted by molar-refractivity contribution is 0.122. The quantitative estimate of drug-likeness (QED) is 0.188. The zero-order chi connectivity index (χ0) is 32.9. The van der Waals surface area contributed by atoms with E-state index in [4.69, 9.17) is 53.1 Å². The van der Waals surface area contributed by atoms with Gasteiger partial charge >= 0.3 is 7.12 Å². The van der Waals surface area contributed by atoms with Crippen LogP contribution in [0.25, 0.3) is 11.3 Å². The van der Waals surface area contributed by atoms with Gasteiger partial charge in [0.2, 0.25) is 0 Å². The lowest BCUT2D eigenvalue weighted by Gasteiger charge is -2.28. The van der Waals surface area contributed by atoms with Crippen molar-refractivity contribution in [1.82, 2.24) is 9.97 Å². The lowest BCUT2D eigenvalue weighted by Crippen LogP contribution is -2.36. The Bertz CT molecular complexity index is 1650. The van der Waals surface area contributed by atoms with Gasteiger partial charge < -0.3 is 40.8 Å². The molecule has 236 valence electrons. The third kappa shape index (κ3) is 9.56. The number of anilines is 4. The van der Waals surface area contributed by atoms with E-state index in [1.165, 1.54) is 24.3 Å². The van der Waals surface area contributed by atoms with E-state index in [1.807, 2.05) is 36.5 Å². The van der Waals surface area contributed by atoms with E-state index >= 15 is 0 Å². The highest BCUT2D eigenvalue weighted by atomic mass is 35.5. The van der Waals surface area contributed by atoms with Crippen molar-refractivity contribution < 1.29 is 19.5 Å². The first kappa shape index (κ1) is 34.0. The summed E-state index contributed by atoms with van der Waals surface area (Å²) in [6.07, 6.45) is 3.58. The molecule has 0 radical (unpaired) electrons. The number of halogens is 1. The summed E-state index contributed by atoms with van der Waals surface area (Å²) in [7, 11) is -1.46. The van der Waals surface area contributed by atoms with Crippen molar-refractivity contribution in [1.29, 1.82) is 10.5 Å². The van der Waals surface area contributed by atoms with Gasteiger partial charge in [0.05, 0.1) is 90.5 Å². The molecule has 14 heteroatoms. The first-order chi connectivity index (χ1) is 22.3. The number of nitriles is 2. The van der Waals surface area contributed by atoms with Gasteiger partial charge in [0.15, 0.2) is 5.15 Å². The molecule has 0 atom stereocenters. The molecular formula is C32H34BClN8O4. The number of pyridine rings is 2. The molecule has 4 aromatic rings. The first-order valence-electron chi connectivity index (χ1n) is 14.5. The van der Waals surface area contributed by atoms with Crippen molar-refractivity contribution in [3.05, 3.63) is 89.3 Å². The van der Waals surface area contributed by atoms with Gasteiger partial charge in [-0.3, -0.25) is 4.98 Å². The molecule has 0 saturated carbocycles. The van der Waals surface area contributed by atoms with Gasteiger partial charge in [0.1, 0.15) is 0 Å². The largest absolute Gasteiger partial charge is 0.488 e. The smallest absolute Gasteiger partial charge is 0.423 e. The molecule has 12 nitrogen and oxygen atoms in total. The normalized spacial score (nSPS) is 14.0. The van der Waals surface area contributed by atoms with E-state index in [2.05, 4.69) is 25.8 Å². The van der Waals surface area contributed by atoms with E-state index in [0.29, 0.717) is 33.1 Å². The van der Waals surface area contributed by atoms with E-state index in [0.717, 1.165) is 75.2 Å². The lowest BCUT2D eigenvalue weighted by atomic mass is 9.80. The van der Waals surface area contributed by atoms with Crippen LogP contribution in [0.5, 0.6) is 0 Å². The number of rotatable bonds is 4. The van der Waals surface area contributed by atoms with Crippen LogP contribution in [0.3, 0.4) is 0 Å². The molecule has 0 spiro atoms. The van der Waals surface area contributed by atoms with E-state index < -0.39 is 7.12 Å². The van der Waals surface area contributed by atoms with Gasteiger partial charge in [-0.2, -0.15) is 10.5 Å². The van der Waals surface area contributed by atoms with Crippen molar-refractivity contribution in [2.75, 3.05) is 73.9 Å². The summed E-state index contributed by atoms with van der Waals surface area (Å²) in [6, 6.07) is 21.2. The average molecular weight is 641 g/mol. The van der Waals surface area contributed by atoms with Crippen molar-refractivity contribution >= 4 is 46.9 Å². The van der Waals surface area contributed by atoms with Crippen LogP contribution >= 0.6 is 11.6 Å². The molecule has 46 heavy (non-hydrogen) atoms. The second-order valence-corrected chi connectivity index (χ2v) is 10.6. The highest BCUT2D eigenvalue weighted by Crippen LogP contribution is 2.28. The van der Waals surface area contributed by atoms with Crippen LogP contribution in [0.1, 0.15) is 11.1 Å². The Balaban J connectivity index is 0.000000167. The van der Waals surface area contributed by atoms with E-state index in [-0.39, 0.29) is 0 Å². The molecule has 2 aliphatic rings. The summed E-state index contributed by atoms with van der Waals surface area (Å²) < 4.78 is 10.6. The molecule has 2 fully saturated rings. The standard InChI is InChI=1S/C16H16N4O.C9H12ClN3O.C7H6BNO2/c17-10-12-1-3-13(4-2-12)16-15(18)9-14(11-19-16)20-5-7-21-8-6-20;10-9-8(11)5-7(6-12-9)13-1-3-14-4-2-13;9-5-6-1-3-7(4-2-6)8(10)11/h1-4,9,11H,5-8,18H2;5-6H,1-4,11H2;1-4,10-11H. The molecule has 2 saturated heterocycles. The van der Waals surface area contributed by atoms with Gasteiger partial charge in [0, 0.05) is 31.7 Å². The predicted octanol–water partition coefficient (Wildman–Crippen LogP) is 2.43. The summed E-state index contributed by atoms with van der Waals surface area (Å²) in [4.78, 5) is 12.9. The number of hydrogen-bond acceptors (Lipinski definition) is 12. The van der Waals surface area contributed by atoms with Crippen molar-refractivity contribution in [2.45, 2.75) is 0 Å². The number of benzene rings is 2. The summed E-state index contributed by atoms with van der Waals surface area (Å²) in [5.41, 5.74) is 18.2. The SMILES string of the molecule is N#Cc1ccc(-c2ncc(N3CCOCC3)cc2N)cc1.N#Cc1ccc(B(O)O)cc1.Nc1cc(N2CCOCC2)cnc1Cl. The Morgan fingerprint density at radius 1 is 0.717 bits per heavy atom. The van der Waals surface area contributed by atoms with Gasteiger partial charge in [-0.1, -0.05) is 35.9 Å². The maximum Gasteiger partial charge on any atom is 0.488 e. The molecule has 0 amide bonds. The van der Waals surface area contributed by atoms with Crippen LogP contribution in [0.2, 0.25) is 5.15 Å². The minimum Gasteiger partial charge on any atom is -0.423 e. The molecule has 4 heterocycles. The minimum absolute atomic E-state index is 0.363. The number of hydrogen-bond donors (Lipinski definition) is 4. The van der Waals surface area contributed by atoms with Crippen LogP contribution in [0.4, 0.5) is 22.7 Å². The molecular weight excluding hydrogens is 607 g/mol. The average Bonchev–Trinajstić information content (AvgIpc) is 3.11. The maximum atomic E-state index is 8.83. The zero-order valence-electron chi connectivity index (χ0n) is 25.1. The fraction of sp³-hybridized carbons (Fsp3) is 0.250. The van der Waals surface area contributed by atoms with Crippen LogP contribution in [-0.2, 0) is 9.47 Å². The zero-order valence-corrected chi connectivity index (χ0v) is 25.8. The monoisotopic (exact) mass is 640 g/mol. The van der Waals surface area contributed by atoms with Crippen LogP contribution in [-0.4, -0.2) is 79.7 Å². The predicted molar refractivity (Wildman–Crippen MR) is 180 cm³/mol. The van der Waals surface area contributed by atoms with E-state index in [9.17, 15) is 0 Å². The molecule has 2 aliphatic heterocycles. The van der Waals surface area contributed by atoms with Gasteiger partial charge in [-0.05, 0) is 41.9 Å². The molecule has 0 bridgehead atoms. The summed E-state index contributed by atoms with van der Waals surface area (Å²) in [6.45, 7) is 6.44. The number of aromatic nitrogens is 2. The Morgan fingerprint density at radius 2 is 1.17 bits per heavy atom. The highest BCUT2D eigenvalue weighted by Gasteiger charge is 2.14. The number of nitrogens with two attached hydrogens (primary N) is 2. The third-order valence-electron chi connectivity index (χ3n) is 7.13. The maximum absolute atomic E-state index is 8.83. The molecule has 6 rings (SSSR count). The third-order valence-corrected chi connectivity index (χ3v) is 7.45. The Labute approximate surface area is 273 Å². The Kier molecular flexibility index (Phi) is 12.6. The van der Waals surface area contributed by atoms with Gasteiger partial charge in [-0.25, -0.2) is 4.98 Å². The van der Waals surface area contributed by atoms with Crippen molar-refractivity contribution in [3.8, 4) is 23.4 Å². The van der Waals surface area contributed by atoms with Crippen LogP contribution in [0.15, 0.2) is 73.1 Å². The minimum atomic E-state index is -1.46. The Morgan fingerprint density at radius 3 is 1.61 bits per heavy atom. The molecule has 0 aliphatic carbocycles.